The number of halogens is 3. The largest absolute Gasteiger partial charge is 0.479 e. The molecule has 0 saturated carbocycles. The minimum atomic E-state index is -5.25. The van der Waals surface area contributed by atoms with Gasteiger partial charge in [0.15, 0.2) is 0 Å². The number of nitrogens with zero attached hydrogens (tertiary/aromatic N) is 3. The number of carbonyl (C=O) groups is 1. The van der Waals surface area contributed by atoms with Gasteiger partial charge in [-0.2, -0.15) is 18.4 Å². The predicted molar refractivity (Wildman–Crippen MR) is 61.3 cm³/mol. The van der Waals surface area contributed by atoms with Crippen LogP contribution < -0.4 is 5.32 Å². The summed E-state index contributed by atoms with van der Waals surface area (Å²) in [5.74, 6) is -3.25. The molecule has 1 unspecified atom stereocenters. The summed E-state index contributed by atoms with van der Waals surface area (Å²) in [7, 11) is 0. The number of nitrogens with one attached hydrogen (secondary N) is 1. The number of pyridine rings is 1. The summed E-state index contributed by atoms with van der Waals surface area (Å²) >= 11 is 0. The topological polar surface area (TPSA) is 129 Å². The number of nitro groups is 1. The molecule has 1 aromatic rings. The number of aliphatic carboxylic acids is 1. The van der Waals surface area contributed by atoms with Gasteiger partial charge < -0.3 is 10.4 Å². The van der Waals surface area contributed by atoms with Crippen LogP contribution >= 0.6 is 0 Å². The fourth-order valence-corrected chi connectivity index (χ4v) is 1.30. The molecule has 11 heteroatoms. The number of carboxylic acids is 1. The Bertz CT molecular complexity index is 640. The molecule has 0 amide bonds. The lowest BCUT2D eigenvalue weighted by Crippen LogP contribution is -2.55. The third-order valence-corrected chi connectivity index (χ3v) is 2.59. The zero-order chi connectivity index (χ0) is 16.4. The second-order valence-electron chi connectivity index (χ2n) is 3.98. The van der Waals surface area contributed by atoms with Gasteiger partial charge in [-0.3, -0.25) is 10.1 Å². The van der Waals surface area contributed by atoms with Crippen LogP contribution in [0.25, 0.3) is 0 Å². The SMILES string of the molecule is CC(Nc1nccc(C#N)c1[N+](=O)[O-])(C(=O)O)C(F)(F)F. The van der Waals surface area contributed by atoms with Gasteiger partial charge in [0, 0.05) is 6.20 Å². The number of anilines is 1. The van der Waals surface area contributed by atoms with Crippen LogP contribution in [0.1, 0.15) is 12.5 Å². The molecule has 1 rings (SSSR count). The predicted octanol–water partition coefficient (Wildman–Crippen LogP) is 1.68. The molecular formula is C10H7F3N4O4. The Kier molecular flexibility index (Phi) is 4.03. The number of hydrogen-bond acceptors (Lipinski definition) is 6. The molecule has 0 aromatic carbocycles. The van der Waals surface area contributed by atoms with Crippen LogP contribution in [-0.4, -0.2) is 32.7 Å². The minimum Gasteiger partial charge on any atom is -0.479 e. The molecule has 21 heavy (non-hydrogen) atoms. The Morgan fingerprint density at radius 2 is 2.14 bits per heavy atom. The van der Waals surface area contributed by atoms with Gasteiger partial charge in [-0.05, 0) is 13.0 Å². The van der Waals surface area contributed by atoms with Gasteiger partial charge >= 0.3 is 17.8 Å². The van der Waals surface area contributed by atoms with Gasteiger partial charge in [0.05, 0.1) is 4.92 Å². The molecule has 0 radical (unpaired) electrons. The summed E-state index contributed by atoms with van der Waals surface area (Å²) in [6.07, 6.45) is -4.40. The summed E-state index contributed by atoms with van der Waals surface area (Å²) < 4.78 is 38.6. The van der Waals surface area contributed by atoms with Gasteiger partial charge in [0.1, 0.15) is 11.6 Å². The van der Waals surface area contributed by atoms with Crippen molar-refractivity contribution in [3.8, 4) is 6.07 Å². The highest BCUT2D eigenvalue weighted by Crippen LogP contribution is 2.36. The van der Waals surface area contributed by atoms with E-state index in [0.717, 1.165) is 12.3 Å². The first-order valence-electron chi connectivity index (χ1n) is 5.16. The van der Waals surface area contributed by atoms with Gasteiger partial charge in [0.25, 0.3) is 0 Å². The molecule has 1 aromatic heterocycles. The summed E-state index contributed by atoms with van der Waals surface area (Å²) in [6.45, 7) is 0.291. The Balaban J connectivity index is 3.46. The average molecular weight is 304 g/mol. The first-order chi connectivity index (χ1) is 9.54. The fraction of sp³-hybridized carbons (Fsp3) is 0.300. The fourth-order valence-electron chi connectivity index (χ4n) is 1.30. The van der Waals surface area contributed by atoms with Crippen molar-refractivity contribution in [3.05, 3.63) is 27.9 Å². The van der Waals surface area contributed by atoms with E-state index in [0.29, 0.717) is 6.92 Å². The van der Waals surface area contributed by atoms with Crippen molar-refractivity contribution in [2.24, 2.45) is 0 Å². The third-order valence-electron chi connectivity index (χ3n) is 2.59. The van der Waals surface area contributed by atoms with Crippen molar-refractivity contribution in [1.29, 1.82) is 5.26 Å². The van der Waals surface area contributed by atoms with Crippen LogP contribution in [0.15, 0.2) is 12.3 Å². The monoisotopic (exact) mass is 304 g/mol. The Labute approximate surface area is 115 Å². The van der Waals surface area contributed by atoms with Gasteiger partial charge in [-0.15, -0.1) is 0 Å². The Hall–Kier alpha value is -2.90. The third kappa shape index (κ3) is 2.83. The van der Waals surface area contributed by atoms with Crippen molar-refractivity contribution in [1.82, 2.24) is 4.98 Å². The van der Waals surface area contributed by atoms with E-state index in [1.54, 1.807) is 0 Å². The van der Waals surface area contributed by atoms with E-state index in [1.165, 1.54) is 11.4 Å². The van der Waals surface area contributed by atoms with E-state index in [-0.39, 0.29) is 0 Å². The first-order valence-corrected chi connectivity index (χ1v) is 5.16. The molecule has 1 atom stereocenters. The molecule has 0 aliphatic heterocycles. The smallest absolute Gasteiger partial charge is 0.422 e. The van der Waals surface area contributed by atoms with Crippen LogP contribution in [0.3, 0.4) is 0 Å². The van der Waals surface area contributed by atoms with E-state index in [9.17, 15) is 28.1 Å². The summed E-state index contributed by atoms with van der Waals surface area (Å²) in [6, 6.07) is 2.35. The quantitative estimate of drug-likeness (QED) is 0.639. The summed E-state index contributed by atoms with van der Waals surface area (Å²) in [5.41, 5.74) is -5.08. The van der Waals surface area contributed by atoms with Crippen LogP contribution in [0.2, 0.25) is 0 Å². The van der Waals surface area contributed by atoms with Gasteiger partial charge in [-0.25, -0.2) is 9.78 Å². The molecule has 8 nitrogen and oxygen atoms in total. The molecule has 0 fully saturated rings. The minimum absolute atomic E-state index is 0.291. The lowest BCUT2D eigenvalue weighted by Gasteiger charge is -2.28. The normalized spacial score (nSPS) is 13.9. The highest BCUT2D eigenvalue weighted by Gasteiger charge is 2.58. The maximum absolute atomic E-state index is 12.9. The van der Waals surface area contributed by atoms with Crippen molar-refractivity contribution >= 4 is 17.5 Å². The Morgan fingerprint density at radius 1 is 1.57 bits per heavy atom. The van der Waals surface area contributed by atoms with Gasteiger partial charge in [0.2, 0.25) is 11.4 Å². The van der Waals surface area contributed by atoms with E-state index in [2.05, 4.69) is 4.98 Å². The highest BCUT2D eigenvalue weighted by atomic mass is 19.4. The molecular weight excluding hydrogens is 297 g/mol. The average Bonchev–Trinajstić information content (AvgIpc) is 2.36. The number of nitriles is 1. The summed E-state index contributed by atoms with van der Waals surface area (Å²) in [5, 5.41) is 29.8. The van der Waals surface area contributed by atoms with Crippen molar-refractivity contribution in [2.45, 2.75) is 18.6 Å². The lowest BCUT2D eigenvalue weighted by atomic mass is 10.0. The number of alkyl halides is 3. The zero-order valence-electron chi connectivity index (χ0n) is 10.3. The zero-order valence-corrected chi connectivity index (χ0v) is 10.3. The number of hydrogen-bond donors (Lipinski definition) is 2. The van der Waals surface area contributed by atoms with Crippen LogP contribution in [0.4, 0.5) is 24.7 Å². The van der Waals surface area contributed by atoms with E-state index < -0.39 is 39.7 Å². The lowest BCUT2D eigenvalue weighted by molar-refractivity contribution is -0.384. The maximum Gasteiger partial charge on any atom is 0.422 e. The standard InChI is InChI=1S/C10H7F3N4O4/c1-9(8(18)19,10(11,12)13)16-7-6(17(20)21)5(4-14)2-3-15-7/h2-3H,1H3,(H,15,16)(H,18,19). The molecule has 0 saturated heterocycles. The van der Waals surface area contributed by atoms with Crippen molar-refractivity contribution in [3.63, 3.8) is 0 Å². The van der Waals surface area contributed by atoms with E-state index in [4.69, 9.17) is 10.4 Å². The number of aromatic nitrogens is 1. The van der Waals surface area contributed by atoms with Crippen LogP contribution in [0.5, 0.6) is 0 Å². The number of rotatable bonds is 4. The van der Waals surface area contributed by atoms with Crippen molar-refractivity contribution < 1.29 is 28.0 Å². The molecule has 0 bridgehead atoms. The second-order valence-corrected chi connectivity index (χ2v) is 3.98. The van der Waals surface area contributed by atoms with E-state index in [1.807, 2.05) is 0 Å². The summed E-state index contributed by atoms with van der Waals surface area (Å²) in [4.78, 5) is 23.9. The number of carboxylic acid groups (broad SMARTS) is 1. The highest BCUT2D eigenvalue weighted by molar-refractivity contribution is 5.84. The molecule has 0 aliphatic rings. The van der Waals surface area contributed by atoms with Crippen molar-refractivity contribution in [2.75, 3.05) is 5.32 Å². The van der Waals surface area contributed by atoms with E-state index >= 15 is 0 Å². The van der Waals surface area contributed by atoms with Crippen LogP contribution in [0, 0.1) is 21.4 Å². The first kappa shape index (κ1) is 16.2. The molecule has 112 valence electrons. The molecule has 1 heterocycles. The maximum atomic E-state index is 12.9. The van der Waals surface area contributed by atoms with Gasteiger partial charge in [-0.1, -0.05) is 0 Å². The molecule has 0 aliphatic carbocycles. The molecule has 0 spiro atoms. The second kappa shape index (κ2) is 5.23. The molecule has 2 N–H and O–H groups in total. The van der Waals surface area contributed by atoms with Crippen LogP contribution in [-0.2, 0) is 4.79 Å². The Morgan fingerprint density at radius 3 is 2.52 bits per heavy atom.